The molecule has 1 rings (SSSR count). The summed E-state index contributed by atoms with van der Waals surface area (Å²) in [5.74, 6) is 0.490. The van der Waals surface area contributed by atoms with Crippen LogP contribution >= 0.6 is 0 Å². The van der Waals surface area contributed by atoms with Crippen molar-refractivity contribution in [3.8, 4) is 0 Å². The van der Waals surface area contributed by atoms with Crippen LogP contribution in [0.1, 0.15) is 37.1 Å². The molecule has 1 aromatic heterocycles. The van der Waals surface area contributed by atoms with E-state index in [0.29, 0.717) is 6.42 Å². The molecule has 0 aliphatic carbocycles. The molecule has 104 valence electrons. The fourth-order valence-corrected chi connectivity index (χ4v) is 2.86. The molecule has 0 bridgehead atoms. The third-order valence-electron chi connectivity index (χ3n) is 3.39. The standard InChI is InChI=1S/C12H23N3O2S/c1-5-18(16,17)8-6-7-12(13-3)11-9-14-15(4)10(11)2/h9,12-13H,5-8H2,1-4H3. The van der Waals surface area contributed by atoms with Crippen molar-refractivity contribution in [2.24, 2.45) is 7.05 Å². The predicted octanol–water partition coefficient (Wildman–Crippen LogP) is 1.20. The summed E-state index contributed by atoms with van der Waals surface area (Å²) in [5.41, 5.74) is 2.27. The first-order valence-electron chi connectivity index (χ1n) is 6.27. The van der Waals surface area contributed by atoms with Gasteiger partial charge in [0.2, 0.25) is 0 Å². The molecule has 0 aromatic carbocycles. The molecule has 1 atom stereocenters. The first-order chi connectivity index (χ1) is 8.41. The minimum atomic E-state index is -2.86. The Hall–Kier alpha value is -0.880. The van der Waals surface area contributed by atoms with Crippen LogP contribution in [0, 0.1) is 6.92 Å². The Labute approximate surface area is 109 Å². The van der Waals surface area contributed by atoms with Gasteiger partial charge in [-0.3, -0.25) is 4.68 Å². The minimum absolute atomic E-state index is 0.172. The third-order valence-corrected chi connectivity index (χ3v) is 5.18. The van der Waals surface area contributed by atoms with Gasteiger partial charge in [-0.1, -0.05) is 6.92 Å². The van der Waals surface area contributed by atoms with Crippen LogP contribution in [0.2, 0.25) is 0 Å². The van der Waals surface area contributed by atoms with Crippen LogP contribution in [0.15, 0.2) is 6.20 Å². The number of nitrogens with zero attached hydrogens (tertiary/aromatic N) is 2. The summed E-state index contributed by atoms with van der Waals surface area (Å²) in [7, 11) is 0.945. The Morgan fingerprint density at radius 1 is 1.50 bits per heavy atom. The summed E-state index contributed by atoms with van der Waals surface area (Å²) in [6, 6.07) is 0.172. The molecule has 6 heteroatoms. The van der Waals surface area contributed by atoms with Crippen molar-refractivity contribution in [3.63, 3.8) is 0 Å². The highest BCUT2D eigenvalue weighted by molar-refractivity contribution is 7.91. The highest BCUT2D eigenvalue weighted by Gasteiger charge is 2.16. The number of sulfone groups is 1. The number of nitrogens with one attached hydrogen (secondary N) is 1. The lowest BCUT2D eigenvalue weighted by Crippen LogP contribution is -2.19. The van der Waals surface area contributed by atoms with Crippen molar-refractivity contribution in [3.05, 3.63) is 17.5 Å². The number of aromatic nitrogens is 2. The van der Waals surface area contributed by atoms with E-state index in [1.54, 1.807) is 6.92 Å². The summed E-state index contributed by atoms with van der Waals surface area (Å²) in [6.45, 7) is 3.71. The third kappa shape index (κ3) is 3.81. The molecule has 1 heterocycles. The van der Waals surface area contributed by atoms with Gasteiger partial charge in [0, 0.05) is 30.1 Å². The summed E-state index contributed by atoms with van der Waals surface area (Å²) in [5, 5.41) is 7.45. The van der Waals surface area contributed by atoms with Gasteiger partial charge < -0.3 is 5.32 Å². The van der Waals surface area contributed by atoms with Gasteiger partial charge in [-0.25, -0.2) is 8.42 Å². The molecule has 1 aromatic rings. The van der Waals surface area contributed by atoms with Gasteiger partial charge in [0.15, 0.2) is 0 Å². The van der Waals surface area contributed by atoms with E-state index >= 15 is 0 Å². The van der Waals surface area contributed by atoms with Gasteiger partial charge >= 0.3 is 0 Å². The van der Waals surface area contributed by atoms with Crippen LogP contribution in [-0.4, -0.2) is 36.8 Å². The van der Waals surface area contributed by atoms with Crippen LogP contribution in [0.3, 0.4) is 0 Å². The minimum Gasteiger partial charge on any atom is -0.313 e. The van der Waals surface area contributed by atoms with E-state index in [-0.39, 0.29) is 17.5 Å². The summed E-state index contributed by atoms with van der Waals surface area (Å²) < 4.78 is 24.7. The topological polar surface area (TPSA) is 64.0 Å². The predicted molar refractivity (Wildman–Crippen MR) is 73.3 cm³/mol. The number of hydrogen-bond acceptors (Lipinski definition) is 4. The molecular formula is C12H23N3O2S. The molecule has 0 aliphatic rings. The highest BCUT2D eigenvalue weighted by Crippen LogP contribution is 2.21. The Balaban J connectivity index is 2.61. The van der Waals surface area contributed by atoms with Crippen molar-refractivity contribution in [1.82, 2.24) is 15.1 Å². The second kappa shape index (κ2) is 6.33. The van der Waals surface area contributed by atoms with Crippen molar-refractivity contribution < 1.29 is 8.42 Å². The second-order valence-electron chi connectivity index (χ2n) is 4.53. The lowest BCUT2D eigenvalue weighted by molar-refractivity contribution is 0.532. The molecule has 5 nitrogen and oxygen atoms in total. The monoisotopic (exact) mass is 273 g/mol. The van der Waals surface area contributed by atoms with Gasteiger partial charge in [0.25, 0.3) is 0 Å². The molecule has 1 unspecified atom stereocenters. The molecule has 1 N–H and O–H groups in total. The quantitative estimate of drug-likeness (QED) is 0.811. The zero-order chi connectivity index (χ0) is 13.8. The van der Waals surface area contributed by atoms with Gasteiger partial charge in [-0.15, -0.1) is 0 Å². The molecule has 0 saturated heterocycles. The fourth-order valence-electron chi connectivity index (χ4n) is 1.96. The largest absolute Gasteiger partial charge is 0.313 e. The molecule has 0 aliphatic heterocycles. The zero-order valence-corrected chi connectivity index (χ0v) is 12.4. The van der Waals surface area contributed by atoms with Crippen LogP contribution in [0.5, 0.6) is 0 Å². The van der Waals surface area contributed by atoms with Crippen LogP contribution in [0.25, 0.3) is 0 Å². The van der Waals surface area contributed by atoms with Gasteiger partial charge in [0.05, 0.1) is 11.9 Å². The normalized spacial score (nSPS) is 13.8. The molecule has 0 radical (unpaired) electrons. The second-order valence-corrected chi connectivity index (χ2v) is 7.00. The van der Waals surface area contributed by atoms with E-state index in [4.69, 9.17) is 0 Å². The van der Waals surface area contributed by atoms with Gasteiger partial charge in [-0.05, 0) is 26.8 Å². The number of aryl methyl sites for hydroxylation is 1. The SMILES string of the molecule is CCS(=O)(=O)CCCC(NC)c1cnn(C)c1C. The molecule has 0 spiro atoms. The van der Waals surface area contributed by atoms with E-state index in [1.165, 1.54) is 0 Å². The van der Waals surface area contributed by atoms with Crippen molar-refractivity contribution in [2.75, 3.05) is 18.6 Å². The van der Waals surface area contributed by atoms with Gasteiger partial charge in [-0.2, -0.15) is 5.10 Å². The Morgan fingerprint density at radius 3 is 2.61 bits per heavy atom. The molecular weight excluding hydrogens is 250 g/mol. The lowest BCUT2D eigenvalue weighted by atomic mass is 10.0. The summed E-state index contributed by atoms with van der Waals surface area (Å²) in [6.07, 6.45) is 3.34. The van der Waals surface area contributed by atoms with Crippen LogP contribution < -0.4 is 5.32 Å². The Kier molecular flexibility index (Phi) is 5.34. The van der Waals surface area contributed by atoms with Crippen molar-refractivity contribution in [2.45, 2.75) is 32.7 Å². The maximum absolute atomic E-state index is 11.4. The van der Waals surface area contributed by atoms with Crippen molar-refractivity contribution in [1.29, 1.82) is 0 Å². The Bertz CT molecular complexity index is 480. The van der Waals surface area contributed by atoms with Gasteiger partial charge in [0.1, 0.15) is 9.84 Å². The molecule has 0 amide bonds. The smallest absolute Gasteiger partial charge is 0.150 e. The fraction of sp³-hybridized carbons (Fsp3) is 0.750. The maximum Gasteiger partial charge on any atom is 0.150 e. The highest BCUT2D eigenvalue weighted by atomic mass is 32.2. The van der Waals surface area contributed by atoms with Crippen molar-refractivity contribution >= 4 is 9.84 Å². The lowest BCUT2D eigenvalue weighted by Gasteiger charge is -2.15. The zero-order valence-electron chi connectivity index (χ0n) is 11.6. The maximum atomic E-state index is 11.4. The number of rotatable bonds is 7. The van der Waals surface area contributed by atoms with Crippen LogP contribution in [0.4, 0.5) is 0 Å². The van der Waals surface area contributed by atoms with E-state index in [9.17, 15) is 8.42 Å². The first kappa shape index (κ1) is 15.2. The van der Waals surface area contributed by atoms with E-state index in [0.717, 1.165) is 17.7 Å². The molecule has 0 fully saturated rings. The summed E-state index contributed by atoms with van der Waals surface area (Å²) in [4.78, 5) is 0. The van der Waals surface area contributed by atoms with E-state index in [2.05, 4.69) is 10.4 Å². The molecule has 0 saturated carbocycles. The van der Waals surface area contributed by atoms with E-state index < -0.39 is 9.84 Å². The average molecular weight is 273 g/mol. The number of hydrogen-bond donors (Lipinski definition) is 1. The summed E-state index contributed by atoms with van der Waals surface area (Å²) >= 11 is 0. The Morgan fingerprint density at radius 2 is 2.17 bits per heavy atom. The van der Waals surface area contributed by atoms with Crippen LogP contribution in [-0.2, 0) is 16.9 Å². The molecule has 18 heavy (non-hydrogen) atoms. The first-order valence-corrected chi connectivity index (χ1v) is 8.09. The van der Waals surface area contributed by atoms with E-state index in [1.807, 2.05) is 31.9 Å². The average Bonchev–Trinajstić information content (AvgIpc) is 2.66.